The van der Waals surface area contributed by atoms with E-state index in [9.17, 15) is 13.2 Å². The molecule has 154 valence electrons. The highest BCUT2D eigenvalue weighted by Gasteiger charge is 2.35. The van der Waals surface area contributed by atoms with Crippen molar-refractivity contribution in [3.63, 3.8) is 0 Å². The maximum atomic E-state index is 13.4. The van der Waals surface area contributed by atoms with E-state index in [4.69, 9.17) is 4.74 Å². The van der Waals surface area contributed by atoms with Gasteiger partial charge in [0.2, 0.25) is 0 Å². The molecule has 0 spiro atoms. The molecule has 0 N–H and O–H groups in total. The van der Waals surface area contributed by atoms with Crippen LogP contribution in [0.1, 0.15) is 41.4 Å². The summed E-state index contributed by atoms with van der Waals surface area (Å²) in [5.41, 5.74) is 1.63. The molecular formula is C21H23F3N4O. The van der Waals surface area contributed by atoms with Crippen molar-refractivity contribution in [3.8, 4) is 5.75 Å². The quantitative estimate of drug-likeness (QED) is 0.645. The van der Waals surface area contributed by atoms with Gasteiger partial charge in [-0.25, -0.2) is 9.50 Å². The highest BCUT2D eigenvalue weighted by atomic mass is 19.4. The van der Waals surface area contributed by atoms with Crippen LogP contribution < -0.4 is 4.74 Å². The third-order valence-electron chi connectivity index (χ3n) is 5.46. The first-order valence-electron chi connectivity index (χ1n) is 9.64. The number of halogens is 3. The number of nitrogens with zero attached hydrogens (tertiary/aromatic N) is 4. The molecule has 1 aliphatic heterocycles. The molecule has 5 nitrogen and oxygen atoms in total. The number of piperidine rings is 1. The lowest BCUT2D eigenvalue weighted by Gasteiger charge is -2.31. The summed E-state index contributed by atoms with van der Waals surface area (Å²) in [6, 6.07) is 10.7. The second-order valence-corrected chi connectivity index (χ2v) is 7.48. The number of hydrogen-bond donors (Lipinski definition) is 0. The Morgan fingerprint density at radius 1 is 1.14 bits per heavy atom. The molecular weight excluding hydrogens is 381 g/mol. The van der Waals surface area contributed by atoms with Gasteiger partial charge >= 0.3 is 6.18 Å². The lowest BCUT2D eigenvalue weighted by molar-refractivity contribution is -0.142. The van der Waals surface area contributed by atoms with Gasteiger partial charge in [-0.2, -0.15) is 18.3 Å². The van der Waals surface area contributed by atoms with Crippen LogP contribution in [0, 0.1) is 6.92 Å². The molecule has 0 aliphatic carbocycles. The largest absolute Gasteiger partial charge is 0.496 e. The van der Waals surface area contributed by atoms with Gasteiger partial charge in [0.15, 0.2) is 5.65 Å². The van der Waals surface area contributed by atoms with Crippen molar-refractivity contribution in [3.05, 3.63) is 59.0 Å². The van der Waals surface area contributed by atoms with Crippen molar-refractivity contribution in [2.45, 2.75) is 38.4 Å². The number of benzene rings is 1. The minimum Gasteiger partial charge on any atom is -0.496 e. The van der Waals surface area contributed by atoms with Crippen LogP contribution in [0.15, 0.2) is 36.4 Å². The molecule has 0 unspecified atom stereocenters. The summed E-state index contributed by atoms with van der Waals surface area (Å²) in [7, 11) is 1.67. The normalized spacial score (nSPS) is 16.4. The minimum absolute atomic E-state index is 0.131. The second-order valence-electron chi connectivity index (χ2n) is 7.48. The van der Waals surface area contributed by atoms with E-state index in [1.807, 2.05) is 18.2 Å². The van der Waals surface area contributed by atoms with Crippen LogP contribution in [0.4, 0.5) is 13.2 Å². The maximum absolute atomic E-state index is 13.4. The molecule has 0 amide bonds. The van der Waals surface area contributed by atoms with Crippen molar-refractivity contribution in [1.82, 2.24) is 19.5 Å². The second kappa shape index (κ2) is 7.67. The number of ether oxygens (including phenoxy) is 1. The fourth-order valence-corrected chi connectivity index (χ4v) is 3.98. The SMILES string of the molecule is COc1ccccc1CN1CCC(c2cc3nc(C)cc(C(F)(F)F)n3n2)CC1. The minimum atomic E-state index is -4.46. The lowest BCUT2D eigenvalue weighted by atomic mass is 9.93. The van der Waals surface area contributed by atoms with Crippen molar-refractivity contribution in [2.75, 3.05) is 20.2 Å². The van der Waals surface area contributed by atoms with Crippen molar-refractivity contribution in [2.24, 2.45) is 0 Å². The summed E-state index contributed by atoms with van der Waals surface area (Å²) in [5.74, 6) is 1.00. The standard InChI is InChI=1S/C21H23F3N4O/c1-14-11-19(21(22,23)24)28-20(25-14)12-17(26-28)15-7-9-27(10-8-15)13-16-5-3-4-6-18(16)29-2/h3-6,11-12,15H,7-10,13H2,1-2H3. The summed E-state index contributed by atoms with van der Waals surface area (Å²) in [6.07, 6.45) is -2.77. The van der Waals surface area contributed by atoms with E-state index in [2.05, 4.69) is 21.0 Å². The number of aryl methyl sites for hydroxylation is 1. The molecule has 0 bridgehead atoms. The van der Waals surface area contributed by atoms with Gasteiger partial charge in [-0.3, -0.25) is 4.90 Å². The van der Waals surface area contributed by atoms with Gasteiger partial charge in [-0.1, -0.05) is 18.2 Å². The Bertz CT molecular complexity index is 1010. The molecule has 8 heteroatoms. The zero-order chi connectivity index (χ0) is 20.6. The van der Waals surface area contributed by atoms with Crippen LogP contribution in [0.2, 0.25) is 0 Å². The Kier molecular flexibility index (Phi) is 5.21. The molecule has 1 aromatic carbocycles. The van der Waals surface area contributed by atoms with Crippen molar-refractivity contribution in [1.29, 1.82) is 0 Å². The fourth-order valence-electron chi connectivity index (χ4n) is 3.98. The Morgan fingerprint density at radius 2 is 1.86 bits per heavy atom. The number of aromatic nitrogens is 3. The van der Waals surface area contributed by atoms with Gasteiger partial charge in [0.05, 0.1) is 12.8 Å². The van der Waals surface area contributed by atoms with E-state index in [-0.39, 0.29) is 11.6 Å². The predicted octanol–water partition coefficient (Wildman–Crippen LogP) is 4.44. The Morgan fingerprint density at radius 3 is 2.55 bits per heavy atom. The first-order valence-corrected chi connectivity index (χ1v) is 9.64. The van der Waals surface area contributed by atoms with Crippen molar-refractivity contribution >= 4 is 5.65 Å². The molecule has 1 fully saturated rings. The van der Waals surface area contributed by atoms with Crippen LogP contribution >= 0.6 is 0 Å². The van der Waals surface area contributed by atoms with E-state index in [0.717, 1.165) is 54.4 Å². The number of likely N-dealkylation sites (tertiary alicyclic amines) is 1. The highest BCUT2D eigenvalue weighted by molar-refractivity contribution is 5.43. The van der Waals surface area contributed by atoms with E-state index < -0.39 is 11.9 Å². The van der Waals surface area contributed by atoms with Gasteiger partial charge in [-0.05, 0) is 45.0 Å². The molecule has 1 saturated heterocycles. The van der Waals surface area contributed by atoms with Crippen LogP contribution in [0.25, 0.3) is 5.65 Å². The lowest BCUT2D eigenvalue weighted by Crippen LogP contribution is -2.32. The molecule has 1 aliphatic rings. The highest BCUT2D eigenvalue weighted by Crippen LogP contribution is 2.33. The molecule has 0 atom stereocenters. The van der Waals surface area contributed by atoms with Crippen LogP contribution in [0.3, 0.4) is 0 Å². The molecule has 4 rings (SSSR count). The number of fused-ring (bicyclic) bond motifs is 1. The molecule has 0 saturated carbocycles. The zero-order valence-corrected chi connectivity index (χ0v) is 16.4. The topological polar surface area (TPSA) is 42.7 Å². The Hall–Kier alpha value is -2.61. The van der Waals surface area contributed by atoms with E-state index in [1.54, 1.807) is 20.1 Å². The zero-order valence-electron chi connectivity index (χ0n) is 16.4. The van der Waals surface area contributed by atoms with Gasteiger partial charge in [-0.15, -0.1) is 0 Å². The number of para-hydroxylation sites is 1. The predicted molar refractivity (Wildman–Crippen MR) is 103 cm³/mol. The first-order chi connectivity index (χ1) is 13.8. The molecule has 3 heterocycles. The average Bonchev–Trinajstić information content (AvgIpc) is 3.11. The first kappa shape index (κ1) is 19.7. The summed E-state index contributed by atoms with van der Waals surface area (Å²) in [5, 5.41) is 4.28. The third-order valence-corrected chi connectivity index (χ3v) is 5.46. The fraction of sp³-hybridized carbons (Fsp3) is 0.429. The van der Waals surface area contributed by atoms with Gasteiger partial charge in [0, 0.05) is 29.8 Å². The summed E-state index contributed by atoms with van der Waals surface area (Å²) < 4.78 is 46.4. The number of alkyl halides is 3. The monoisotopic (exact) mass is 404 g/mol. The van der Waals surface area contributed by atoms with Gasteiger partial charge in [0.25, 0.3) is 0 Å². The Balaban J connectivity index is 1.49. The maximum Gasteiger partial charge on any atom is 0.433 e. The smallest absolute Gasteiger partial charge is 0.433 e. The van der Waals surface area contributed by atoms with Crippen molar-refractivity contribution < 1.29 is 17.9 Å². The number of methoxy groups -OCH3 is 1. The van der Waals surface area contributed by atoms with E-state index in [0.29, 0.717) is 11.4 Å². The summed E-state index contributed by atoms with van der Waals surface area (Å²) in [4.78, 5) is 6.57. The van der Waals surface area contributed by atoms with Gasteiger partial charge < -0.3 is 4.74 Å². The van der Waals surface area contributed by atoms with Crippen LogP contribution in [0.5, 0.6) is 5.75 Å². The number of rotatable bonds is 4. The third kappa shape index (κ3) is 4.07. The van der Waals surface area contributed by atoms with Crippen LogP contribution in [-0.4, -0.2) is 39.7 Å². The molecule has 29 heavy (non-hydrogen) atoms. The Labute approximate surface area is 167 Å². The van der Waals surface area contributed by atoms with E-state index >= 15 is 0 Å². The van der Waals surface area contributed by atoms with Gasteiger partial charge in [0.1, 0.15) is 11.4 Å². The summed E-state index contributed by atoms with van der Waals surface area (Å²) >= 11 is 0. The molecule has 3 aromatic rings. The van der Waals surface area contributed by atoms with Crippen LogP contribution in [-0.2, 0) is 12.7 Å². The molecule has 2 aromatic heterocycles. The summed E-state index contributed by atoms with van der Waals surface area (Å²) in [6.45, 7) is 4.07. The number of hydrogen-bond acceptors (Lipinski definition) is 4. The average molecular weight is 404 g/mol. The van der Waals surface area contributed by atoms with E-state index in [1.165, 1.54) is 0 Å². The molecule has 0 radical (unpaired) electrons.